The maximum absolute atomic E-state index is 6.04. The van der Waals surface area contributed by atoms with Crippen molar-refractivity contribution in [2.24, 2.45) is 0 Å². The first-order valence-electron chi connectivity index (χ1n) is 7.29. The average Bonchev–Trinajstić information content (AvgIpc) is 2.86. The van der Waals surface area contributed by atoms with Gasteiger partial charge in [-0.15, -0.1) is 0 Å². The lowest BCUT2D eigenvalue weighted by atomic mass is 10.1. The van der Waals surface area contributed by atoms with Crippen LogP contribution >= 0.6 is 0 Å². The van der Waals surface area contributed by atoms with Gasteiger partial charge >= 0.3 is 0 Å². The van der Waals surface area contributed by atoms with E-state index in [1.165, 1.54) is 12.0 Å². The van der Waals surface area contributed by atoms with Gasteiger partial charge in [0.2, 0.25) is 0 Å². The van der Waals surface area contributed by atoms with Gasteiger partial charge in [-0.05, 0) is 49.9 Å². The molecule has 2 rings (SSSR count). The third-order valence-electron chi connectivity index (χ3n) is 3.70. The van der Waals surface area contributed by atoms with Crippen molar-refractivity contribution >= 4 is 0 Å². The summed E-state index contributed by atoms with van der Waals surface area (Å²) < 4.78 is 11.1. The summed E-state index contributed by atoms with van der Waals surface area (Å²) >= 11 is 0. The molecule has 1 fully saturated rings. The second-order valence-corrected chi connectivity index (χ2v) is 5.19. The van der Waals surface area contributed by atoms with Crippen molar-refractivity contribution in [2.75, 3.05) is 20.3 Å². The molecular formula is C16H25NO2. The standard InChI is InChI=1S/C16H25NO2/c1-3-17-14-6-9-16(12-14)19-15-7-4-13(5-8-15)10-11-18-2/h4-5,7-8,14,16-17H,3,6,9-12H2,1-2H3. The molecule has 1 aromatic carbocycles. The molecule has 2 unspecified atom stereocenters. The highest BCUT2D eigenvalue weighted by atomic mass is 16.5. The second kappa shape index (κ2) is 7.51. The van der Waals surface area contributed by atoms with Crippen LogP contribution in [0.3, 0.4) is 0 Å². The van der Waals surface area contributed by atoms with E-state index in [2.05, 4.69) is 36.5 Å². The molecule has 2 atom stereocenters. The van der Waals surface area contributed by atoms with Crippen molar-refractivity contribution in [3.63, 3.8) is 0 Å². The zero-order valence-electron chi connectivity index (χ0n) is 12.0. The van der Waals surface area contributed by atoms with E-state index in [1.807, 2.05) is 0 Å². The van der Waals surface area contributed by atoms with Crippen LogP contribution in [0.2, 0.25) is 0 Å². The van der Waals surface area contributed by atoms with Gasteiger partial charge in [-0.1, -0.05) is 19.1 Å². The summed E-state index contributed by atoms with van der Waals surface area (Å²) in [6.45, 7) is 3.98. The summed E-state index contributed by atoms with van der Waals surface area (Å²) in [4.78, 5) is 0. The summed E-state index contributed by atoms with van der Waals surface area (Å²) in [5.41, 5.74) is 1.30. The van der Waals surface area contributed by atoms with E-state index in [0.717, 1.165) is 38.2 Å². The SMILES string of the molecule is CCNC1CCC(Oc2ccc(CCOC)cc2)C1. The zero-order valence-corrected chi connectivity index (χ0v) is 12.0. The fourth-order valence-corrected chi connectivity index (χ4v) is 2.67. The highest BCUT2D eigenvalue weighted by Crippen LogP contribution is 2.25. The first-order valence-corrected chi connectivity index (χ1v) is 7.29. The van der Waals surface area contributed by atoms with Crippen LogP contribution in [0.25, 0.3) is 0 Å². The molecule has 3 nitrogen and oxygen atoms in total. The lowest BCUT2D eigenvalue weighted by Crippen LogP contribution is -2.27. The Kier molecular flexibility index (Phi) is 5.67. The molecule has 1 aliphatic rings. The fraction of sp³-hybridized carbons (Fsp3) is 0.625. The topological polar surface area (TPSA) is 30.5 Å². The fourth-order valence-electron chi connectivity index (χ4n) is 2.67. The molecule has 19 heavy (non-hydrogen) atoms. The summed E-state index contributed by atoms with van der Waals surface area (Å²) in [6.07, 6.45) is 4.84. The Balaban J connectivity index is 1.80. The van der Waals surface area contributed by atoms with Crippen LogP contribution in [0, 0.1) is 0 Å². The molecule has 1 saturated carbocycles. The van der Waals surface area contributed by atoms with Gasteiger partial charge in [0.1, 0.15) is 11.9 Å². The molecule has 0 aliphatic heterocycles. The van der Waals surface area contributed by atoms with Crippen LogP contribution in [0.1, 0.15) is 31.7 Å². The van der Waals surface area contributed by atoms with Crippen LogP contribution in [0.5, 0.6) is 5.75 Å². The van der Waals surface area contributed by atoms with Crippen LogP contribution in [0.4, 0.5) is 0 Å². The van der Waals surface area contributed by atoms with Crippen molar-refractivity contribution in [3.8, 4) is 5.75 Å². The minimum absolute atomic E-state index is 0.369. The zero-order chi connectivity index (χ0) is 13.5. The Hall–Kier alpha value is -1.06. The average molecular weight is 263 g/mol. The van der Waals surface area contributed by atoms with E-state index in [0.29, 0.717) is 12.1 Å². The van der Waals surface area contributed by atoms with Crippen molar-refractivity contribution in [3.05, 3.63) is 29.8 Å². The quantitative estimate of drug-likeness (QED) is 0.820. The molecule has 0 heterocycles. The van der Waals surface area contributed by atoms with Crippen LogP contribution in [-0.4, -0.2) is 32.4 Å². The molecule has 1 aliphatic carbocycles. The molecule has 1 N–H and O–H groups in total. The largest absolute Gasteiger partial charge is 0.490 e. The third kappa shape index (κ3) is 4.51. The number of benzene rings is 1. The van der Waals surface area contributed by atoms with E-state index < -0.39 is 0 Å². The molecule has 0 amide bonds. The Morgan fingerprint density at radius 1 is 1.21 bits per heavy atom. The number of nitrogens with one attached hydrogen (secondary N) is 1. The second-order valence-electron chi connectivity index (χ2n) is 5.19. The van der Waals surface area contributed by atoms with Gasteiger partial charge in [0.15, 0.2) is 0 Å². The van der Waals surface area contributed by atoms with Crippen LogP contribution in [-0.2, 0) is 11.2 Å². The first-order chi connectivity index (χ1) is 9.31. The number of hydrogen-bond donors (Lipinski definition) is 1. The van der Waals surface area contributed by atoms with E-state index in [4.69, 9.17) is 9.47 Å². The van der Waals surface area contributed by atoms with E-state index in [1.54, 1.807) is 7.11 Å². The van der Waals surface area contributed by atoms with Gasteiger partial charge in [0, 0.05) is 13.2 Å². The molecule has 0 bridgehead atoms. The number of hydrogen-bond acceptors (Lipinski definition) is 3. The Morgan fingerprint density at radius 2 is 2.00 bits per heavy atom. The molecule has 0 spiro atoms. The van der Waals surface area contributed by atoms with Gasteiger partial charge in [0.05, 0.1) is 6.61 Å². The van der Waals surface area contributed by atoms with Crippen molar-refractivity contribution < 1.29 is 9.47 Å². The predicted molar refractivity (Wildman–Crippen MR) is 77.8 cm³/mol. The number of rotatable bonds is 7. The monoisotopic (exact) mass is 263 g/mol. The van der Waals surface area contributed by atoms with Crippen LogP contribution in [0.15, 0.2) is 24.3 Å². The number of methoxy groups -OCH3 is 1. The Morgan fingerprint density at radius 3 is 2.68 bits per heavy atom. The number of ether oxygens (including phenoxy) is 2. The summed E-state index contributed by atoms with van der Waals surface area (Å²) in [5, 5.41) is 3.50. The molecule has 0 saturated heterocycles. The summed E-state index contributed by atoms with van der Waals surface area (Å²) in [6, 6.07) is 9.05. The van der Waals surface area contributed by atoms with E-state index >= 15 is 0 Å². The van der Waals surface area contributed by atoms with Crippen molar-refractivity contribution in [2.45, 2.75) is 44.8 Å². The minimum Gasteiger partial charge on any atom is -0.490 e. The highest BCUT2D eigenvalue weighted by molar-refractivity contribution is 5.27. The highest BCUT2D eigenvalue weighted by Gasteiger charge is 2.25. The maximum atomic E-state index is 6.04. The summed E-state index contributed by atoms with van der Waals surface area (Å²) in [7, 11) is 1.73. The predicted octanol–water partition coefficient (Wildman–Crippen LogP) is 2.78. The lowest BCUT2D eigenvalue weighted by molar-refractivity contribution is 0.201. The normalized spacial score (nSPS) is 22.6. The molecule has 0 radical (unpaired) electrons. The first kappa shape index (κ1) is 14.4. The Labute approximate surface area is 116 Å². The molecular weight excluding hydrogens is 238 g/mol. The van der Waals surface area contributed by atoms with Gasteiger partial charge in [-0.25, -0.2) is 0 Å². The van der Waals surface area contributed by atoms with E-state index in [-0.39, 0.29) is 0 Å². The van der Waals surface area contributed by atoms with Gasteiger partial charge < -0.3 is 14.8 Å². The van der Waals surface area contributed by atoms with Gasteiger partial charge in [-0.2, -0.15) is 0 Å². The Bertz CT molecular complexity index is 364. The third-order valence-corrected chi connectivity index (χ3v) is 3.70. The molecule has 3 heteroatoms. The summed E-state index contributed by atoms with van der Waals surface area (Å²) in [5.74, 6) is 0.989. The molecule has 0 aromatic heterocycles. The smallest absolute Gasteiger partial charge is 0.119 e. The maximum Gasteiger partial charge on any atom is 0.119 e. The van der Waals surface area contributed by atoms with Crippen molar-refractivity contribution in [1.29, 1.82) is 0 Å². The molecule has 1 aromatic rings. The van der Waals surface area contributed by atoms with Crippen molar-refractivity contribution in [1.82, 2.24) is 5.32 Å². The van der Waals surface area contributed by atoms with E-state index in [9.17, 15) is 0 Å². The molecule has 106 valence electrons. The van der Waals surface area contributed by atoms with Gasteiger partial charge in [-0.3, -0.25) is 0 Å². The van der Waals surface area contributed by atoms with Crippen LogP contribution < -0.4 is 10.1 Å². The van der Waals surface area contributed by atoms with Gasteiger partial charge in [0.25, 0.3) is 0 Å². The minimum atomic E-state index is 0.369. The lowest BCUT2D eigenvalue weighted by Gasteiger charge is -2.15.